The molecular weight excluding hydrogens is 342 g/mol. The van der Waals surface area contributed by atoms with Crippen LogP contribution in [0.1, 0.15) is 65.2 Å². The van der Waals surface area contributed by atoms with Crippen LogP contribution in [0.15, 0.2) is 0 Å². The van der Waals surface area contributed by atoms with Gasteiger partial charge in [0.05, 0.1) is 5.41 Å². The Labute approximate surface area is 161 Å². The number of nitrogens with one attached hydrogen (secondary N) is 2. The van der Waals surface area contributed by atoms with Gasteiger partial charge in [-0.15, -0.1) is 0 Å². The Kier molecular flexibility index (Phi) is 4.71. The largest absolute Gasteiger partial charge is 0.355 e. The number of hydrogen-bond acceptors (Lipinski definition) is 3. The van der Waals surface area contributed by atoms with Crippen molar-refractivity contribution in [3.8, 4) is 0 Å². The smallest absolute Gasteiger partial charge is 0.226 e. The first-order valence-electron chi connectivity index (χ1n) is 10.6. The average Bonchev–Trinajstić information content (AvgIpc) is 2.95. The van der Waals surface area contributed by atoms with Crippen LogP contribution in [0.25, 0.3) is 0 Å². The van der Waals surface area contributed by atoms with Crippen LogP contribution in [0.3, 0.4) is 0 Å². The van der Waals surface area contributed by atoms with Gasteiger partial charge < -0.3 is 15.5 Å². The van der Waals surface area contributed by atoms with Crippen LogP contribution < -0.4 is 10.6 Å². The summed E-state index contributed by atoms with van der Waals surface area (Å²) in [7, 11) is 0. The molecule has 4 saturated carbocycles. The zero-order chi connectivity index (χ0) is 19.2. The van der Waals surface area contributed by atoms with Crippen LogP contribution >= 0.6 is 0 Å². The maximum Gasteiger partial charge on any atom is 0.226 e. The van der Waals surface area contributed by atoms with Gasteiger partial charge in [0, 0.05) is 38.5 Å². The summed E-state index contributed by atoms with van der Waals surface area (Å²) in [6.07, 6.45) is 7.62. The highest BCUT2D eigenvalue weighted by Gasteiger charge is 2.60. The molecule has 0 radical (unpaired) electrons. The lowest BCUT2D eigenvalue weighted by Crippen LogP contribution is -2.65. The minimum Gasteiger partial charge on any atom is -0.355 e. The van der Waals surface area contributed by atoms with Crippen LogP contribution in [0.4, 0.5) is 0 Å². The van der Waals surface area contributed by atoms with Gasteiger partial charge in [-0.05, 0) is 62.7 Å². The SMILES string of the molecule is CC(=O)NC12C[C@H]3C[C@@H](C1)CC(C(=O)NC[C@@H](C)CN1CCCC1=O)(C3)C2. The predicted molar refractivity (Wildman–Crippen MR) is 102 cm³/mol. The Bertz CT molecular complexity index is 633. The monoisotopic (exact) mass is 375 g/mol. The summed E-state index contributed by atoms with van der Waals surface area (Å²) >= 11 is 0. The molecule has 1 saturated heterocycles. The lowest BCUT2D eigenvalue weighted by molar-refractivity contribution is -0.153. The van der Waals surface area contributed by atoms with E-state index in [1.165, 1.54) is 6.42 Å². The normalized spacial score (nSPS) is 38.1. The number of carbonyl (C=O) groups excluding carboxylic acids is 3. The van der Waals surface area contributed by atoms with Crippen LogP contribution in [-0.4, -0.2) is 47.8 Å². The molecule has 5 rings (SSSR count). The summed E-state index contributed by atoms with van der Waals surface area (Å²) in [5, 5.41) is 6.43. The lowest BCUT2D eigenvalue weighted by Gasteiger charge is -2.61. The second-order valence-corrected chi connectivity index (χ2v) is 9.96. The summed E-state index contributed by atoms with van der Waals surface area (Å²) in [5.41, 5.74) is -0.476. The van der Waals surface area contributed by atoms with Gasteiger partial charge >= 0.3 is 0 Å². The van der Waals surface area contributed by atoms with Crippen LogP contribution in [0.5, 0.6) is 0 Å². The average molecular weight is 376 g/mol. The molecule has 0 aromatic rings. The van der Waals surface area contributed by atoms with Crippen molar-refractivity contribution < 1.29 is 14.4 Å². The van der Waals surface area contributed by atoms with Crippen molar-refractivity contribution in [3.63, 3.8) is 0 Å². The topological polar surface area (TPSA) is 78.5 Å². The Morgan fingerprint density at radius 3 is 2.52 bits per heavy atom. The highest BCUT2D eigenvalue weighted by molar-refractivity contribution is 5.84. The van der Waals surface area contributed by atoms with E-state index in [0.717, 1.165) is 51.6 Å². The first-order chi connectivity index (χ1) is 12.8. The highest BCUT2D eigenvalue weighted by Crippen LogP contribution is 2.61. The van der Waals surface area contributed by atoms with Gasteiger partial charge in [-0.1, -0.05) is 6.92 Å². The summed E-state index contributed by atoms with van der Waals surface area (Å²) in [6.45, 7) is 5.89. The van der Waals surface area contributed by atoms with Crippen molar-refractivity contribution in [3.05, 3.63) is 0 Å². The van der Waals surface area contributed by atoms with Gasteiger partial charge in [-0.2, -0.15) is 0 Å². The Morgan fingerprint density at radius 2 is 1.93 bits per heavy atom. The molecule has 1 aliphatic heterocycles. The molecule has 0 spiro atoms. The molecule has 5 fully saturated rings. The molecular formula is C21H33N3O3. The lowest BCUT2D eigenvalue weighted by atomic mass is 9.46. The van der Waals surface area contributed by atoms with E-state index in [2.05, 4.69) is 17.6 Å². The molecule has 5 aliphatic rings. The molecule has 27 heavy (non-hydrogen) atoms. The third-order valence-electron chi connectivity index (χ3n) is 7.30. The molecule has 4 aliphatic carbocycles. The first kappa shape index (κ1) is 18.8. The van der Waals surface area contributed by atoms with Crippen molar-refractivity contribution in [2.24, 2.45) is 23.2 Å². The second kappa shape index (κ2) is 6.78. The summed E-state index contributed by atoms with van der Waals surface area (Å²) in [5.74, 6) is 1.81. The maximum absolute atomic E-state index is 13.2. The fourth-order valence-electron chi connectivity index (χ4n) is 6.84. The van der Waals surface area contributed by atoms with E-state index in [4.69, 9.17) is 0 Å². The van der Waals surface area contributed by atoms with Gasteiger partial charge in [0.1, 0.15) is 0 Å². The second-order valence-electron chi connectivity index (χ2n) is 9.96. The van der Waals surface area contributed by atoms with Gasteiger partial charge in [-0.25, -0.2) is 0 Å². The number of carbonyl (C=O) groups is 3. The first-order valence-corrected chi connectivity index (χ1v) is 10.6. The van der Waals surface area contributed by atoms with Gasteiger partial charge in [0.25, 0.3) is 0 Å². The van der Waals surface area contributed by atoms with Crippen LogP contribution in [0.2, 0.25) is 0 Å². The summed E-state index contributed by atoms with van der Waals surface area (Å²) < 4.78 is 0. The molecule has 0 aromatic heterocycles. The van der Waals surface area contributed by atoms with E-state index in [-0.39, 0.29) is 34.6 Å². The van der Waals surface area contributed by atoms with E-state index < -0.39 is 0 Å². The molecule has 6 heteroatoms. The Balaban J connectivity index is 1.38. The van der Waals surface area contributed by atoms with E-state index in [0.29, 0.717) is 24.8 Å². The fourth-order valence-corrected chi connectivity index (χ4v) is 6.84. The minimum atomic E-state index is -0.310. The van der Waals surface area contributed by atoms with Crippen molar-refractivity contribution in [2.45, 2.75) is 70.8 Å². The van der Waals surface area contributed by atoms with Crippen molar-refractivity contribution in [2.75, 3.05) is 19.6 Å². The van der Waals surface area contributed by atoms with Gasteiger partial charge in [-0.3, -0.25) is 14.4 Å². The predicted octanol–water partition coefficient (Wildman–Crippen LogP) is 1.84. The van der Waals surface area contributed by atoms with Crippen LogP contribution in [-0.2, 0) is 14.4 Å². The van der Waals surface area contributed by atoms with Crippen molar-refractivity contribution in [1.82, 2.24) is 15.5 Å². The van der Waals surface area contributed by atoms with E-state index in [1.807, 2.05) is 4.90 Å². The summed E-state index contributed by atoms with van der Waals surface area (Å²) in [6, 6.07) is 0. The summed E-state index contributed by atoms with van der Waals surface area (Å²) in [4.78, 5) is 38.7. The van der Waals surface area contributed by atoms with E-state index in [9.17, 15) is 14.4 Å². The highest BCUT2D eigenvalue weighted by atomic mass is 16.2. The van der Waals surface area contributed by atoms with E-state index in [1.54, 1.807) is 6.92 Å². The standard InChI is InChI=1S/C21H33N3O3/c1-14(12-24-5-3-4-18(24)26)11-22-19(27)20-7-16-6-17(8-20)10-21(9-16,13-20)23-15(2)25/h14,16-17H,3-13H2,1-2H3,(H,22,27)(H,23,25)/t14-,16-,17+,20?,21?/m1/s1. The minimum absolute atomic E-state index is 0.0245. The third-order valence-corrected chi connectivity index (χ3v) is 7.30. The van der Waals surface area contributed by atoms with Crippen LogP contribution in [0, 0.1) is 23.2 Å². The number of rotatable bonds is 6. The maximum atomic E-state index is 13.2. The third kappa shape index (κ3) is 3.59. The number of nitrogens with zero attached hydrogens (tertiary/aromatic N) is 1. The molecule has 1 heterocycles. The van der Waals surface area contributed by atoms with Crippen molar-refractivity contribution in [1.29, 1.82) is 0 Å². The number of likely N-dealkylation sites (tertiary alicyclic amines) is 1. The zero-order valence-corrected chi connectivity index (χ0v) is 16.7. The Hall–Kier alpha value is -1.59. The molecule has 0 aromatic carbocycles. The fraction of sp³-hybridized carbons (Fsp3) is 0.857. The number of hydrogen-bond donors (Lipinski definition) is 2. The molecule has 3 amide bonds. The quantitative estimate of drug-likeness (QED) is 0.743. The molecule has 2 N–H and O–H groups in total. The van der Waals surface area contributed by atoms with Crippen molar-refractivity contribution >= 4 is 17.7 Å². The van der Waals surface area contributed by atoms with Gasteiger partial charge in [0.2, 0.25) is 17.7 Å². The van der Waals surface area contributed by atoms with E-state index >= 15 is 0 Å². The molecule has 150 valence electrons. The molecule has 4 bridgehead atoms. The molecule has 2 unspecified atom stereocenters. The molecule has 5 atom stereocenters. The zero-order valence-electron chi connectivity index (χ0n) is 16.7. The Morgan fingerprint density at radius 1 is 1.22 bits per heavy atom. The van der Waals surface area contributed by atoms with Gasteiger partial charge in [0.15, 0.2) is 0 Å². The molecule has 6 nitrogen and oxygen atoms in total. The number of amides is 3.